The van der Waals surface area contributed by atoms with Gasteiger partial charge < -0.3 is 4.98 Å². The van der Waals surface area contributed by atoms with Crippen molar-refractivity contribution in [2.45, 2.75) is 0 Å². The van der Waals surface area contributed by atoms with Gasteiger partial charge in [0.25, 0.3) is 0 Å². The summed E-state index contributed by atoms with van der Waals surface area (Å²) in [6.45, 7) is 7.19. The highest BCUT2D eigenvalue weighted by Gasteiger charge is 2.07. The zero-order chi connectivity index (χ0) is 12.5. The van der Waals surface area contributed by atoms with E-state index in [1.54, 1.807) is 0 Å². The van der Waals surface area contributed by atoms with Gasteiger partial charge in [-0.25, -0.2) is 4.85 Å². The van der Waals surface area contributed by atoms with Crippen molar-refractivity contribution >= 4 is 28.2 Å². The average molecular weight is 253 g/mol. The van der Waals surface area contributed by atoms with Crippen LogP contribution in [0.4, 0.5) is 5.69 Å². The summed E-state index contributed by atoms with van der Waals surface area (Å²) < 4.78 is 0. The molecule has 0 unspecified atom stereocenters. The number of benzene rings is 2. The van der Waals surface area contributed by atoms with E-state index in [1.807, 2.05) is 48.5 Å². The normalized spacial score (nSPS) is 10.4. The fourth-order valence-electron chi connectivity index (χ4n) is 2.05. The first-order valence-electron chi connectivity index (χ1n) is 5.53. The van der Waals surface area contributed by atoms with Crippen molar-refractivity contribution in [3.8, 4) is 11.3 Å². The topological polar surface area (TPSA) is 20.1 Å². The van der Waals surface area contributed by atoms with Crippen molar-refractivity contribution in [3.05, 3.63) is 65.0 Å². The Hall–Kier alpha value is -2.24. The van der Waals surface area contributed by atoms with Crippen LogP contribution in [0.3, 0.4) is 0 Å². The summed E-state index contributed by atoms with van der Waals surface area (Å²) in [7, 11) is 0. The first-order chi connectivity index (χ1) is 8.78. The third kappa shape index (κ3) is 1.75. The second-order valence-electron chi connectivity index (χ2n) is 4.04. The molecule has 0 fully saturated rings. The number of hydrogen-bond acceptors (Lipinski definition) is 0. The van der Waals surface area contributed by atoms with Crippen molar-refractivity contribution in [1.29, 1.82) is 0 Å². The van der Waals surface area contributed by atoms with Gasteiger partial charge in [-0.05, 0) is 24.3 Å². The second-order valence-corrected chi connectivity index (χ2v) is 4.48. The average Bonchev–Trinajstić information content (AvgIpc) is 2.81. The molecule has 0 saturated carbocycles. The standard InChI is InChI=1S/C15H9ClN2/c1-17-14-5-3-2-4-12(14)15-9-10-8-11(16)6-7-13(10)18-15/h2-9,18H. The molecule has 2 nitrogen and oxygen atoms in total. The summed E-state index contributed by atoms with van der Waals surface area (Å²) >= 11 is 5.97. The van der Waals surface area contributed by atoms with Crippen molar-refractivity contribution in [1.82, 2.24) is 4.98 Å². The van der Waals surface area contributed by atoms with E-state index in [2.05, 4.69) is 9.83 Å². The van der Waals surface area contributed by atoms with Crippen LogP contribution in [-0.4, -0.2) is 4.98 Å². The molecule has 0 spiro atoms. The maximum absolute atomic E-state index is 7.19. The Morgan fingerprint density at radius 1 is 1.06 bits per heavy atom. The maximum Gasteiger partial charge on any atom is 0.196 e. The van der Waals surface area contributed by atoms with Crippen LogP contribution < -0.4 is 0 Å². The summed E-state index contributed by atoms with van der Waals surface area (Å²) in [5, 5.41) is 1.77. The molecular formula is C15H9ClN2. The largest absolute Gasteiger partial charge is 0.356 e. The van der Waals surface area contributed by atoms with E-state index in [0.717, 1.165) is 22.2 Å². The van der Waals surface area contributed by atoms with E-state index >= 15 is 0 Å². The van der Waals surface area contributed by atoms with Gasteiger partial charge in [0.15, 0.2) is 5.69 Å². The van der Waals surface area contributed by atoms with E-state index in [9.17, 15) is 0 Å². The number of nitrogens with one attached hydrogen (secondary N) is 1. The van der Waals surface area contributed by atoms with Crippen LogP contribution in [0.5, 0.6) is 0 Å². The number of aromatic nitrogens is 1. The minimum Gasteiger partial charge on any atom is -0.356 e. The Morgan fingerprint density at radius 2 is 1.89 bits per heavy atom. The zero-order valence-corrected chi connectivity index (χ0v) is 10.2. The highest BCUT2D eigenvalue weighted by Crippen LogP contribution is 2.32. The number of aromatic amines is 1. The third-order valence-electron chi connectivity index (χ3n) is 2.90. The Labute approximate surface area is 110 Å². The molecule has 3 rings (SSSR count). The van der Waals surface area contributed by atoms with E-state index in [0.29, 0.717) is 10.7 Å². The number of halogens is 1. The number of nitrogens with zero attached hydrogens (tertiary/aromatic N) is 1. The molecule has 0 aliphatic rings. The van der Waals surface area contributed by atoms with Crippen LogP contribution in [-0.2, 0) is 0 Å². The summed E-state index contributed by atoms with van der Waals surface area (Å²) in [4.78, 5) is 6.85. The SMILES string of the molecule is [C-]#[N+]c1ccccc1-c1cc2cc(Cl)ccc2[nH]1. The number of fused-ring (bicyclic) bond motifs is 1. The van der Waals surface area contributed by atoms with Gasteiger partial charge >= 0.3 is 0 Å². The smallest absolute Gasteiger partial charge is 0.196 e. The second kappa shape index (κ2) is 4.21. The summed E-state index contributed by atoms with van der Waals surface area (Å²) in [5.41, 5.74) is 3.53. The Balaban J connectivity index is 2.23. The number of H-pyrrole nitrogens is 1. The zero-order valence-electron chi connectivity index (χ0n) is 9.44. The van der Waals surface area contributed by atoms with Crippen LogP contribution in [0.15, 0.2) is 48.5 Å². The monoisotopic (exact) mass is 252 g/mol. The van der Waals surface area contributed by atoms with Gasteiger partial charge in [-0.2, -0.15) is 0 Å². The molecule has 0 aliphatic heterocycles. The predicted molar refractivity (Wildman–Crippen MR) is 75.0 cm³/mol. The molecule has 0 atom stereocenters. The van der Waals surface area contributed by atoms with Gasteiger partial charge in [-0.15, -0.1) is 0 Å². The van der Waals surface area contributed by atoms with E-state index in [4.69, 9.17) is 18.2 Å². The molecule has 2 aromatic carbocycles. The van der Waals surface area contributed by atoms with Crippen molar-refractivity contribution in [3.63, 3.8) is 0 Å². The van der Waals surface area contributed by atoms with Gasteiger partial charge in [0, 0.05) is 27.2 Å². The lowest BCUT2D eigenvalue weighted by atomic mass is 10.1. The van der Waals surface area contributed by atoms with Crippen LogP contribution >= 0.6 is 11.6 Å². The third-order valence-corrected chi connectivity index (χ3v) is 3.13. The van der Waals surface area contributed by atoms with Crippen LogP contribution in [0.25, 0.3) is 27.0 Å². The Morgan fingerprint density at radius 3 is 2.72 bits per heavy atom. The molecule has 1 aromatic heterocycles. The molecular weight excluding hydrogens is 244 g/mol. The van der Waals surface area contributed by atoms with Crippen molar-refractivity contribution in [2.24, 2.45) is 0 Å². The van der Waals surface area contributed by atoms with E-state index in [1.165, 1.54) is 0 Å². The maximum atomic E-state index is 7.19. The van der Waals surface area contributed by atoms with E-state index < -0.39 is 0 Å². The lowest BCUT2D eigenvalue weighted by Crippen LogP contribution is -1.76. The summed E-state index contributed by atoms with van der Waals surface area (Å²) in [6, 6.07) is 15.3. The van der Waals surface area contributed by atoms with Crippen molar-refractivity contribution < 1.29 is 0 Å². The van der Waals surface area contributed by atoms with Gasteiger partial charge in [0.2, 0.25) is 0 Å². The van der Waals surface area contributed by atoms with Crippen molar-refractivity contribution in [2.75, 3.05) is 0 Å². The number of hydrogen-bond donors (Lipinski definition) is 1. The predicted octanol–water partition coefficient (Wildman–Crippen LogP) is 5.04. The molecule has 86 valence electrons. The van der Waals surface area contributed by atoms with Gasteiger partial charge in [-0.3, -0.25) is 0 Å². The van der Waals surface area contributed by atoms with Crippen LogP contribution in [0.1, 0.15) is 0 Å². The highest BCUT2D eigenvalue weighted by molar-refractivity contribution is 6.31. The minimum absolute atomic E-state index is 0.648. The molecule has 18 heavy (non-hydrogen) atoms. The highest BCUT2D eigenvalue weighted by atomic mass is 35.5. The molecule has 1 heterocycles. The molecule has 0 bridgehead atoms. The molecule has 0 amide bonds. The summed E-state index contributed by atoms with van der Waals surface area (Å²) in [5.74, 6) is 0. The van der Waals surface area contributed by atoms with Gasteiger partial charge in [-0.1, -0.05) is 35.9 Å². The molecule has 3 heteroatoms. The molecule has 1 N–H and O–H groups in total. The number of rotatable bonds is 1. The Kier molecular flexibility index (Phi) is 2.55. The van der Waals surface area contributed by atoms with Crippen LogP contribution in [0.2, 0.25) is 5.02 Å². The minimum atomic E-state index is 0.648. The molecule has 0 saturated heterocycles. The fourth-order valence-corrected chi connectivity index (χ4v) is 2.23. The molecule has 0 radical (unpaired) electrons. The first kappa shape index (κ1) is 10.9. The van der Waals surface area contributed by atoms with E-state index in [-0.39, 0.29) is 0 Å². The van der Waals surface area contributed by atoms with Crippen LogP contribution in [0, 0.1) is 6.57 Å². The fraction of sp³-hybridized carbons (Fsp3) is 0. The molecule has 0 aliphatic carbocycles. The Bertz CT molecular complexity index is 766. The van der Waals surface area contributed by atoms with Gasteiger partial charge in [0.05, 0.1) is 6.57 Å². The quantitative estimate of drug-likeness (QED) is 0.586. The number of para-hydroxylation sites is 1. The molecule has 3 aromatic rings. The first-order valence-corrected chi connectivity index (χ1v) is 5.91. The van der Waals surface area contributed by atoms with Gasteiger partial charge in [0.1, 0.15) is 0 Å². The lowest BCUT2D eigenvalue weighted by molar-refractivity contribution is 1.46. The summed E-state index contributed by atoms with van der Waals surface area (Å²) in [6.07, 6.45) is 0. The lowest BCUT2D eigenvalue weighted by Gasteiger charge is -1.99.